The zero-order chi connectivity index (χ0) is 24.0. The predicted molar refractivity (Wildman–Crippen MR) is 156 cm³/mol. The van der Waals surface area contributed by atoms with E-state index in [0.29, 0.717) is 5.46 Å². The lowest BCUT2D eigenvalue weighted by atomic mass is 9.79. The van der Waals surface area contributed by atoms with Crippen LogP contribution in [0.3, 0.4) is 0 Å². The monoisotopic (exact) mass is 499 g/mol. The zero-order valence-corrected chi connectivity index (χ0v) is 20.6. The van der Waals surface area contributed by atoms with Gasteiger partial charge in [-0.15, -0.1) is 22.7 Å². The molecule has 3 nitrogen and oxygen atoms in total. The van der Waals surface area contributed by atoms with E-state index in [-0.39, 0.29) is 0 Å². The number of hydrogen-bond donors (Lipinski definition) is 2. The van der Waals surface area contributed by atoms with Crippen LogP contribution in [0, 0.1) is 0 Å². The fourth-order valence-electron chi connectivity index (χ4n) is 5.67. The quantitative estimate of drug-likeness (QED) is 0.247. The number of thiophene rings is 2. The van der Waals surface area contributed by atoms with Crippen LogP contribution in [0.2, 0.25) is 0 Å². The van der Waals surface area contributed by atoms with E-state index >= 15 is 0 Å². The molecule has 36 heavy (non-hydrogen) atoms. The highest BCUT2D eigenvalue weighted by Gasteiger charge is 2.22. The van der Waals surface area contributed by atoms with E-state index in [1.807, 2.05) is 29.5 Å². The van der Waals surface area contributed by atoms with Crippen LogP contribution in [0.1, 0.15) is 0 Å². The summed E-state index contributed by atoms with van der Waals surface area (Å²) in [5.41, 5.74) is 3.70. The average Bonchev–Trinajstić information content (AvgIpc) is 3.57. The van der Waals surface area contributed by atoms with Crippen LogP contribution in [-0.4, -0.2) is 21.7 Å². The van der Waals surface area contributed by atoms with Gasteiger partial charge < -0.3 is 14.6 Å². The van der Waals surface area contributed by atoms with Gasteiger partial charge in [-0.2, -0.15) is 0 Å². The molecule has 6 heteroatoms. The van der Waals surface area contributed by atoms with Gasteiger partial charge in [0.05, 0.1) is 11.0 Å². The first kappa shape index (κ1) is 20.5. The number of benzene rings is 5. The molecular weight excluding hydrogens is 481 g/mol. The summed E-state index contributed by atoms with van der Waals surface area (Å²) in [6.45, 7) is 0. The second-order valence-electron chi connectivity index (χ2n) is 9.17. The summed E-state index contributed by atoms with van der Waals surface area (Å²) in [7, 11) is -1.55. The second-order valence-corrected chi connectivity index (χ2v) is 11.3. The van der Waals surface area contributed by atoms with Gasteiger partial charge in [0, 0.05) is 62.3 Å². The number of para-hydroxylation sites is 1. The molecule has 0 saturated heterocycles. The minimum atomic E-state index is -1.55. The molecule has 170 valence electrons. The Labute approximate surface area is 214 Å². The van der Waals surface area contributed by atoms with E-state index in [4.69, 9.17) is 0 Å². The van der Waals surface area contributed by atoms with Gasteiger partial charge in [-0.05, 0) is 36.4 Å². The Bertz CT molecular complexity index is 2150. The number of aromatic nitrogens is 1. The van der Waals surface area contributed by atoms with Crippen molar-refractivity contribution in [3.8, 4) is 5.69 Å². The predicted octanol–water partition coefficient (Wildman–Crippen LogP) is 7.20. The topological polar surface area (TPSA) is 45.4 Å². The molecule has 0 aliphatic carbocycles. The minimum Gasteiger partial charge on any atom is -0.423 e. The van der Waals surface area contributed by atoms with Gasteiger partial charge in [0.2, 0.25) is 0 Å². The first-order valence-corrected chi connectivity index (χ1v) is 13.5. The summed E-state index contributed by atoms with van der Waals surface area (Å²) in [6.07, 6.45) is 0. The van der Waals surface area contributed by atoms with E-state index in [1.165, 1.54) is 30.9 Å². The molecule has 0 saturated carbocycles. The molecule has 8 rings (SSSR count). The average molecular weight is 499 g/mol. The SMILES string of the molecule is OB(O)c1cc(-n2c3ccccc3c3c4sc5ccccc5c4ccc32)cc2c1sc1ccccc12. The smallest absolute Gasteiger partial charge is 0.423 e. The van der Waals surface area contributed by atoms with E-state index in [2.05, 4.69) is 83.4 Å². The normalized spacial score (nSPS) is 12.2. The first-order valence-electron chi connectivity index (χ1n) is 11.8. The van der Waals surface area contributed by atoms with E-state index in [9.17, 15) is 10.0 Å². The van der Waals surface area contributed by atoms with Crippen molar-refractivity contribution in [2.45, 2.75) is 0 Å². The Morgan fingerprint density at radius 3 is 1.94 bits per heavy atom. The molecule has 0 fully saturated rings. The Hall–Kier alpha value is -3.68. The van der Waals surface area contributed by atoms with Crippen molar-refractivity contribution in [3.05, 3.63) is 97.1 Å². The van der Waals surface area contributed by atoms with Gasteiger partial charge in [-0.1, -0.05) is 60.7 Å². The molecule has 0 unspecified atom stereocenters. The summed E-state index contributed by atoms with van der Waals surface area (Å²) in [5.74, 6) is 0. The molecule has 0 spiro atoms. The Kier molecular flexibility index (Phi) is 4.23. The van der Waals surface area contributed by atoms with Crippen molar-refractivity contribution in [3.63, 3.8) is 0 Å². The first-order chi connectivity index (χ1) is 17.7. The summed E-state index contributed by atoms with van der Waals surface area (Å²) < 4.78 is 6.90. The van der Waals surface area contributed by atoms with Gasteiger partial charge in [0.1, 0.15) is 0 Å². The lowest BCUT2D eigenvalue weighted by Crippen LogP contribution is -2.30. The molecule has 3 heterocycles. The second kappa shape index (κ2) is 7.42. The molecule has 0 radical (unpaired) electrons. The molecule has 0 aliphatic rings. The molecule has 8 aromatic rings. The van der Waals surface area contributed by atoms with Gasteiger partial charge in [-0.3, -0.25) is 0 Å². The number of rotatable bonds is 2. The maximum atomic E-state index is 10.4. The number of nitrogens with zero attached hydrogens (tertiary/aromatic N) is 1. The highest BCUT2D eigenvalue weighted by Crippen LogP contribution is 2.43. The maximum Gasteiger partial charge on any atom is 0.489 e. The van der Waals surface area contributed by atoms with Crippen molar-refractivity contribution < 1.29 is 10.0 Å². The van der Waals surface area contributed by atoms with Crippen LogP contribution in [0.5, 0.6) is 0 Å². The van der Waals surface area contributed by atoms with E-state index in [0.717, 1.165) is 36.9 Å². The van der Waals surface area contributed by atoms with Crippen molar-refractivity contribution >= 4 is 97.4 Å². The highest BCUT2D eigenvalue weighted by atomic mass is 32.1. The lowest BCUT2D eigenvalue weighted by molar-refractivity contribution is 0.426. The molecule has 0 bridgehead atoms. The van der Waals surface area contributed by atoms with Crippen molar-refractivity contribution in [2.24, 2.45) is 0 Å². The minimum absolute atomic E-state index is 0.539. The van der Waals surface area contributed by atoms with E-state index < -0.39 is 7.12 Å². The van der Waals surface area contributed by atoms with Gasteiger partial charge in [0.15, 0.2) is 0 Å². The van der Waals surface area contributed by atoms with Crippen molar-refractivity contribution in [1.29, 1.82) is 0 Å². The Balaban J connectivity index is 1.55. The Morgan fingerprint density at radius 2 is 1.19 bits per heavy atom. The van der Waals surface area contributed by atoms with Crippen LogP contribution < -0.4 is 5.46 Å². The largest absolute Gasteiger partial charge is 0.489 e. The van der Waals surface area contributed by atoms with Crippen LogP contribution in [-0.2, 0) is 0 Å². The molecule has 3 aromatic heterocycles. The maximum absolute atomic E-state index is 10.4. The van der Waals surface area contributed by atoms with Crippen LogP contribution in [0.25, 0.3) is 67.8 Å². The number of hydrogen-bond acceptors (Lipinski definition) is 4. The van der Waals surface area contributed by atoms with Crippen LogP contribution >= 0.6 is 22.7 Å². The van der Waals surface area contributed by atoms with Gasteiger partial charge >= 0.3 is 7.12 Å². The number of fused-ring (bicyclic) bond motifs is 10. The van der Waals surface area contributed by atoms with Gasteiger partial charge in [-0.25, -0.2) is 0 Å². The van der Waals surface area contributed by atoms with Crippen molar-refractivity contribution in [1.82, 2.24) is 4.57 Å². The fourth-order valence-corrected chi connectivity index (χ4v) is 8.15. The zero-order valence-electron chi connectivity index (χ0n) is 19.0. The lowest BCUT2D eigenvalue weighted by Gasteiger charge is -2.11. The summed E-state index contributed by atoms with van der Waals surface area (Å²) in [5, 5.41) is 27.9. The summed E-state index contributed by atoms with van der Waals surface area (Å²) >= 11 is 3.44. The molecule has 0 aliphatic heterocycles. The molecule has 2 N–H and O–H groups in total. The third-order valence-electron chi connectivity index (χ3n) is 7.21. The summed E-state index contributed by atoms with van der Waals surface area (Å²) in [4.78, 5) is 0. The Morgan fingerprint density at radius 1 is 0.556 bits per heavy atom. The molecular formula is C30H18BNO2S2. The van der Waals surface area contributed by atoms with Crippen LogP contribution in [0.15, 0.2) is 97.1 Å². The van der Waals surface area contributed by atoms with E-state index in [1.54, 1.807) is 11.3 Å². The summed E-state index contributed by atoms with van der Waals surface area (Å²) in [6, 6.07) is 33.9. The third kappa shape index (κ3) is 2.70. The van der Waals surface area contributed by atoms with Gasteiger partial charge in [0.25, 0.3) is 0 Å². The molecule has 0 amide bonds. The standard InChI is InChI=1S/C30H18BNO2S2/c33-31(34)23-16-17(15-22-19-8-3-6-12-27(19)35-29(22)23)32-24-10-4-1-9-21(24)28-25(32)14-13-20-18-7-2-5-11-26(18)36-30(20)28/h1-16,33-34H. The highest BCUT2D eigenvalue weighted by molar-refractivity contribution is 7.27. The fraction of sp³-hybridized carbons (Fsp3) is 0. The molecule has 5 aromatic carbocycles. The van der Waals surface area contributed by atoms with Crippen molar-refractivity contribution in [2.75, 3.05) is 0 Å². The molecule has 0 atom stereocenters. The third-order valence-corrected chi connectivity index (χ3v) is 9.65. The van der Waals surface area contributed by atoms with Crippen LogP contribution in [0.4, 0.5) is 0 Å².